The van der Waals surface area contributed by atoms with Crippen LogP contribution in [0.3, 0.4) is 0 Å². The zero-order valence-corrected chi connectivity index (χ0v) is 12.2. The lowest BCUT2D eigenvalue weighted by Gasteiger charge is -2.14. The van der Waals surface area contributed by atoms with Crippen molar-refractivity contribution < 1.29 is 8.42 Å². The summed E-state index contributed by atoms with van der Waals surface area (Å²) in [6.45, 7) is 0. The summed E-state index contributed by atoms with van der Waals surface area (Å²) in [4.78, 5) is 3.99. The summed E-state index contributed by atoms with van der Waals surface area (Å²) in [5.41, 5.74) is 1.23. The summed E-state index contributed by atoms with van der Waals surface area (Å²) < 4.78 is 26.2. The molecule has 2 aromatic rings. The van der Waals surface area contributed by atoms with Crippen molar-refractivity contribution in [2.24, 2.45) is 0 Å². The molecule has 0 bridgehead atoms. The van der Waals surface area contributed by atoms with Crippen LogP contribution in [-0.4, -0.2) is 36.5 Å². The zero-order chi connectivity index (χ0) is 13.3. The fraction of sp³-hybridized carbons (Fsp3) is 0.200. The summed E-state index contributed by atoms with van der Waals surface area (Å²) in [6.07, 6.45) is 6.07. The van der Waals surface area contributed by atoms with Crippen molar-refractivity contribution in [1.29, 1.82) is 0 Å². The number of anilines is 1. The van der Waals surface area contributed by atoms with E-state index < -0.39 is 10.0 Å². The predicted molar refractivity (Wildman–Crippen MR) is 72.3 cm³/mol. The third kappa shape index (κ3) is 2.54. The first kappa shape index (κ1) is 13.0. The van der Waals surface area contributed by atoms with E-state index in [9.17, 15) is 8.42 Å². The lowest BCUT2D eigenvalue weighted by molar-refractivity contribution is 0.600. The molecule has 6 nitrogen and oxygen atoms in total. The summed E-state index contributed by atoms with van der Waals surface area (Å²) in [7, 11) is -1.84. The second-order valence-electron chi connectivity index (χ2n) is 3.69. The molecule has 0 aliphatic rings. The molecule has 0 radical (unpaired) electrons. The van der Waals surface area contributed by atoms with Crippen molar-refractivity contribution in [3.05, 3.63) is 35.3 Å². The Bertz CT molecular complexity index is 654. The van der Waals surface area contributed by atoms with Crippen molar-refractivity contribution in [2.45, 2.75) is 0 Å². The Morgan fingerprint density at radius 1 is 1.44 bits per heavy atom. The fourth-order valence-corrected chi connectivity index (χ4v) is 2.50. The van der Waals surface area contributed by atoms with E-state index >= 15 is 0 Å². The van der Waals surface area contributed by atoms with E-state index in [2.05, 4.69) is 26.0 Å². The highest BCUT2D eigenvalue weighted by Crippen LogP contribution is 2.26. The Morgan fingerprint density at radius 2 is 2.17 bits per heavy atom. The molecule has 0 atom stereocenters. The molecule has 0 N–H and O–H groups in total. The van der Waals surface area contributed by atoms with E-state index in [1.165, 1.54) is 7.05 Å². The molecule has 0 aliphatic carbocycles. The number of rotatable bonds is 3. The number of sulfonamides is 1. The maximum absolute atomic E-state index is 11.5. The van der Waals surface area contributed by atoms with Gasteiger partial charge in [-0.1, -0.05) is 0 Å². The first-order valence-corrected chi connectivity index (χ1v) is 7.63. The molecule has 2 aromatic heterocycles. The molecular weight excluding hydrogens is 320 g/mol. The van der Waals surface area contributed by atoms with Gasteiger partial charge in [0.1, 0.15) is 5.69 Å². The Labute approximate surface area is 113 Å². The molecule has 96 valence electrons. The summed E-state index contributed by atoms with van der Waals surface area (Å²) in [6, 6.07) is 3.61. The summed E-state index contributed by atoms with van der Waals surface area (Å²) in [5, 5.41) is 4.20. The highest BCUT2D eigenvalue weighted by atomic mass is 79.9. The molecule has 18 heavy (non-hydrogen) atoms. The Kier molecular flexibility index (Phi) is 3.40. The second-order valence-corrected chi connectivity index (χ2v) is 6.46. The fourth-order valence-electron chi connectivity index (χ4n) is 1.36. The van der Waals surface area contributed by atoms with Gasteiger partial charge in [-0.2, -0.15) is 5.10 Å². The molecule has 8 heteroatoms. The number of nitrogens with zero attached hydrogens (tertiary/aromatic N) is 4. The predicted octanol–water partition coefficient (Wildman–Crippen LogP) is 1.43. The van der Waals surface area contributed by atoms with Crippen molar-refractivity contribution in [2.75, 3.05) is 17.6 Å². The average molecular weight is 331 g/mol. The minimum atomic E-state index is -3.31. The van der Waals surface area contributed by atoms with Gasteiger partial charge in [-0.3, -0.25) is 9.29 Å². The van der Waals surface area contributed by atoms with Crippen LogP contribution in [0.25, 0.3) is 5.69 Å². The number of aromatic nitrogens is 3. The smallest absolute Gasteiger partial charge is 0.232 e. The Morgan fingerprint density at radius 3 is 2.72 bits per heavy atom. The van der Waals surface area contributed by atoms with Gasteiger partial charge < -0.3 is 0 Å². The van der Waals surface area contributed by atoms with E-state index in [0.29, 0.717) is 10.3 Å². The second kappa shape index (κ2) is 4.69. The van der Waals surface area contributed by atoms with E-state index in [-0.39, 0.29) is 0 Å². The van der Waals surface area contributed by atoms with Crippen molar-refractivity contribution in [1.82, 2.24) is 14.8 Å². The van der Waals surface area contributed by atoms with Gasteiger partial charge in [0.25, 0.3) is 0 Å². The largest absolute Gasteiger partial charge is 0.269 e. The molecule has 0 aliphatic heterocycles. The van der Waals surface area contributed by atoms with Crippen molar-refractivity contribution in [3.8, 4) is 5.69 Å². The van der Waals surface area contributed by atoms with Crippen LogP contribution >= 0.6 is 15.9 Å². The van der Waals surface area contributed by atoms with Crippen molar-refractivity contribution in [3.63, 3.8) is 0 Å². The lowest BCUT2D eigenvalue weighted by Crippen LogP contribution is -2.24. The van der Waals surface area contributed by atoms with E-state index in [0.717, 1.165) is 16.2 Å². The molecule has 0 amide bonds. The lowest BCUT2D eigenvalue weighted by atomic mass is 10.4. The monoisotopic (exact) mass is 330 g/mol. The van der Waals surface area contributed by atoms with Gasteiger partial charge in [-0.25, -0.2) is 13.1 Å². The highest BCUT2D eigenvalue weighted by Gasteiger charge is 2.18. The van der Waals surface area contributed by atoms with Crippen molar-refractivity contribution >= 4 is 31.6 Å². The van der Waals surface area contributed by atoms with Gasteiger partial charge in [0.2, 0.25) is 10.0 Å². The standard InChI is InChI=1S/C10H11BrN4O2S/c1-14(18(2,16)17)9-7-15(13-10(9)11)8-4-3-5-12-6-8/h3-7H,1-2H3. The number of halogens is 1. The number of hydrogen-bond donors (Lipinski definition) is 0. The number of hydrogen-bond acceptors (Lipinski definition) is 4. The summed E-state index contributed by atoms with van der Waals surface area (Å²) >= 11 is 3.25. The molecule has 0 fully saturated rings. The molecular formula is C10H11BrN4O2S. The Balaban J connectivity index is 2.46. The van der Waals surface area contributed by atoms with Crippen LogP contribution in [0.5, 0.6) is 0 Å². The third-order valence-electron chi connectivity index (χ3n) is 2.40. The maximum Gasteiger partial charge on any atom is 0.232 e. The molecule has 2 heterocycles. The normalized spacial score (nSPS) is 11.5. The zero-order valence-electron chi connectivity index (χ0n) is 9.78. The van der Waals surface area contributed by atoms with E-state index in [4.69, 9.17) is 0 Å². The first-order chi connectivity index (χ1) is 8.39. The molecule has 0 spiro atoms. The van der Waals surface area contributed by atoms with Gasteiger partial charge in [0.05, 0.1) is 24.3 Å². The summed E-state index contributed by atoms with van der Waals surface area (Å²) in [5.74, 6) is 0. The van der Waals surface area contributed by atoms with E-state index in [1.807, 2.05) is 6.07 Å². The van der Waals surface area contributed by atoms with E-state index in [1.54, 1.807) is 29.3 Å². The van der Waals surface area contributed by atoms with Crippen LogP contribution in [0.4, 0.5) is 5.69 Å². The minimum Gasteiger partial charge on any atom is -0.269 e. The van der Waals surface area contributed by atoms with Crippen LogP contribution in [0.2, 0.25) is 0 Å². The highest BCUT2D eigenvalue weighted by molar-refractivity contribution is 9.10. The van der Waals surface area contributed by atoms with Gasteiger partial charge in [0, 0.05) is 13.2 Å². The maximum atomic E-state index is 11.5. The van der Waals surface area contributed by atoms with Gasteiger partial charge in [0.15, 0.2) is 4.60 Å². The van der Waals surface area contributed by atoms with Crippen LogP contribution in [0.15, 0.2) is 35.3 Å². The average Bonchev–Trinajstić information content (AvgIpc) is 2.70. The topological polar surface area (TPSA) is 68.1 Å². The molecule has 0 aromatic carbocycles. The van der Waals surface area contributed by atoms with Gasteiger partial charge in [-0.15, -0.1) is 0 Å². The SMILES string of the molecule is CN(c1cn(-c2cccnc2)nc1Br)S(C)(=O)=O. The first-order valence-electron chi connectivity index (χ1n) is 4.99. The van der Waals surface area contributed by atoms with Crippen LogP contribution in [-0.2, 0) is 10.0 Å². The molecule has 0 unspecified atom stereocenters. The number of pyridine rings is 1. The van der Waals surface area contributed by atoms with Crippen LogP contribution in [0, 0.1) is 0 Å². The Hall–Kier alpha value is -1.41. The molecule has 0 saturated carbocycles. The third-order valence-corrected chi connectivity index (χ3v) is 4.16. The van der Waals surface area contributed by atoms with Gasteiger partial charge >= 0.3 is 0 Å². The molecule has 0 saturated heterocycles. The van der Waals surface area contributed by atoms with Gasteiger partial charge in [-0.05, 0) is 28.1 Å². The minimum absolute atomic E-state index is 0.458. The molecule has 2 rings (SSSR count). The van der Waals surface area contributed by atoms with Crippen LogP contribution in [0.1, 0.15) is 0 Å². The van der Waals surface area contributed by atoms with Crippen LogP contribution < -0.4 is 4.31 Å². The quantitative estimate of drug-likeness (QED) is 0.853.